The van der Waals surface area contributed by atoms with Gasteiger partial charge in [0.15, 0.2) is 0 Å². The third-order valence-corrected chi connectivity index (χ3v) is 4.79. The lowest BCUT2D eigenvalue weighted by Crippen LogP contribution is -2.32. The van der Waals surface area contributed by atoms with Crippen LogP contribution in [-0.2, 0) is 4.79 Å². The van der Waals surface area contributed by atoms with E-state index in [1.807, 2.05) is 24.3 Å². The Hall–Kier alpha value is -1.51. The van der Waals surface area contributed by atoms with Crippen LogP contribution in [0.25, 0.3) is 0 Å². The molecule has 0 N–H and O–H groups in total. The molecule has 1 aromatic carbocycles. The van der Waals surface area contributed by atoms with E-state index in [9.17, 15) is 4.79 Å². The molecule has 128 valence electrons. The van der Waals surface area contributed by atoms with Crippen molar-refractivity contribution in [3.8, 4) is 11.5 Å². The van der Waals surface area contributed by atoms with Gasteiger partial charge in [0.05, 0.1) is 12.5 Å². The van der Waals surface area contributed by atoms with Gasteiger partial charge in [0, 0.05) is 0 Å². The molecule has 3 atom stereocenters. The molecule has 0 saturated heterocycles. The second-order valence-electron chi connectivity index (χ2n) is 6.79. The second kappa shape index (κ2) is 8.95. The van der Waals surface area contributed by atoms with Gasteiger partial charge in [-0.25, -0.2) is 0 Å². The van der Waals surface area contributed by atoms with E-state index in [1.165, 1.54) is 12.8 Å². The minimum absolute atomic E-state index is 0.0409. The standard InChI is InChI=1S/C20H30O3/c1-4-6-16-7-12-19(15(3)14-16)20(21)23-18-10-8-17(9-11-18)22-13-5-2/h8-11,15-16,19H,4-7,12-14H2,1-3H3/t15-,16+,19-/m1/s1. The zero-order valence-electron chi connectivity index (χ0n) is 14.7. The number of hydrogen-bond donors (Lipinski definition) is 0. The summed E-state index contributed by atoms with van der Waals surface area (Å²) in [7, 11) is 0. The van der Waals surface area contributed by atoms with Crippen LogP contribution in [0, 0.1) is 17.8 Å². The fourth-order valence-corrected chi connectivity index (χ4v) is 3.54. The van der Waals surface area contributed by atoms with Gasteiger partial charge < -0.3 is 9.47 Å². The number of esters is 1. The van der Waals surface area contributed by atoms with Crippen LogP contribution in [0.1, 0.15) is 59.3 Å². The lowest BCUT2D eigenvalue weighted by Gasteiger charge is -2.32. The lowest BCUT2D eigenvalue weighted by molar-refractivity contribution is -0.142. The van der Waals surface area contributed by atoms with Gasteiger partial charge >= 0.3 is 5.97 Å². The molecular formula is C20H30O3. The molecule has 0 bridgehead atoms. The fourth-order valence-electron chi connectivity index (χ4n) is 3.54. The minimum atomic E-state index is -0.0744. The fraction of sp³-hybridized carbons (Fsp3) is 0.650. The first kappa shape index (κ1) is 17.8. The molecule has 23 heavy (non-hydrogen) atoms. The first-order chi connectivity index (χ1) is 11.1. The molecule has 0 aromatic heterocycles. The van der Waals surface area contributed by atoms with E-state index < -0.39 is 0 Å². The molecule has 3 heteroatoms. The number of ether oxygens (including phenoxy) is 2. The number of hydrogen-bond acceptors (Lipinski definition) is 3. The molecule has 1 aromatic rings. The number of carbonyl (C=O) groups is 1. The monoisotopic (exact) mass is 318 g/mol. The maximum Gasteiger partial charge on any atom is 0.314 e. The van der Waals surface area contributed by atoms with Crippen molar-refractivity contribution in [2.24, 2.45) is 17.8 Å². The van der Waals surface area contributed by atoms with Gasteiger partial charge in [-0.05, 0) is 61.8 Å². The highest BCUT2D eigenvalue weighted by Crippen LogP contribution is 2.36. The predicted molar refractivity (Wildman–Crippen MR) is 92.8 cm³/mol. The summed E-state index contributed by atoms with van der Waals surface area (Å²) in [5.41, 5.74) is 0. The summed E-state index contributed by atoms with van der Waals surface area (Å²) in [6.45, 7) is 7.21. The average Bonchev–Trinajstić information content (AvgIpc) is 2.54. The summed E-state index contributed by atoms with van der Waals surface area (Å²) in [5, 5.41) is 0. The van der Waals surface area contributed by atoms with Crippen LogP contribution in [0.3, 0.4) is 0 Å². The Kier molecular flexibility index (Phi) is 6.94. The van der Waals surface area contributed by atoms with E-state index in [0.29, 0.717) is 18.3 Å². The maximum absolute atomic E-state index is 12.4. The Morgan fingerprint density at radius 3 is 2.39 bits per heavy atom. The Morgan fingerprint density at radius 2 is 1.78 bits per heavy atom. The quantitative estimate of drug-likeness (QED) is 0.510. The molecule has 0 unspecified atom stereocenters. The second-order valence-corrected chi connectivity index (χ2v) is 6.79. The Balaban J connectivity index is 1.86. The molecular weight excluding hydrogens is 288 g/mol. The molecule has 1 aliphatic carbocycles. The van der Waals surface area contributed by atoms with Crippen LogP contribution in [0.2, 0.25) is 0 Å². The van der Waals surface area contributed by atoms with Crippen molar-refractivity contribution in [2.75, 3.05) is 6.61 Å². The van der Waals surface area contributed by atoms with Gasteiger partial charge in [-0.3, -0.25) is 4.79 Å². The highest BCUT2D eigenvalue weighted by atomic mass is 16.5. The summed E-state index contributed by atoms with van der Waals surface area (Å²) in [5.74, 6) is 2.60. The summed E-state index contributed by atoms with van der Waals surface area (Å²) >= 11 is 0. The van der Waals surface area contributed by atoms with E-state index in [1.54, 1.807) is 0 Å². The third kappa shape index (κ3) is 5.26. The summed E-state index contributed by atoms with van der Waals surface area (Å²) in [6, 6.07) is 7.35. The van der Waals surface area contributed by atoms with Crippen LogP contribution in [-0.4, -0.2) is 12.6 Å². The van der Waals surface area contributed by atoms with E-state index in [4.69, 9.17) is 9.47 Å². The molecule has 0 aliphatic heterocycles. The highest BCUT2D eigenvalue weighted by molar-refractivity contribution is 5.75. The molecule has 1 fully saturated rings. The van der Waals surface area contributed by atoms with Crippen molar-refractivity contribution in [1.29, 1.82) is 0 Å². The molecule has 0 spiro atoms. The summed E-state index contributed by atoms with van der Waals surface area (Å²) in [4.78, 5) is 12.4. The average molecular weight is 318 g/mol. The lowest BCUT2D eigenvalue weighted by atomic mass is 9.73. The van der Waals surface area contributed by atoms with Crippen molar-refractivity contribution in [3.05, 3.63) is 24.3 Å². The number of rotatable bonds is 7. The van der Waals surface area contributed by atoms with Gasteiger partial charge in [-0.1, -0.05) is 33.6 Å². The van der Waals surface area contributed by atoms with Crippen molar-refractivity contribution in [2.45, 2.75) is 59.3 Å². The summed E-state index contributed by atoms with van der Waals surface area (Å²) < 4.78 is 11.1. The van der Waals surface area contributed by atoms with Crippen LogP contribution >= 0.6 is 0 Å². The molecule has 1 saturated carbocycles. The van der Waals surface area contributed by atoms with Gasteiger partial charge in [0.25, 0.3) is 0 Å². The molecule has 3 nitrogen and oxygen atoms in total. The van der Waals surface area contributed by atoms with E-state index in [0.717, 1.165) is 37.4 Å². The van der Waals surface area contributed by atoms with E-state index >= 15 is 0 Å². The first-order valence-corrected chi connectivity index (χ1v) is 9.08. The van der Waals surface area contributed by atoms with Crippen LogP contribution in [0.15, 0.2) is 24.3 Å². The molecule has 0 heterocycles. The SMILES string of the molecule is CCCOc1ccc(OC(=O)[C@@H]2CC[C@H](CCC)C[C@H]2C)cc1. The van der Waals surface area contributed by atoms with Gasteiger partial charge in [0.1, 0.15) is 11.5 Å². The van der Waals surface area contributed by atoms with E-state index in [2.05, 4.69) is 20.8 Å². The van der Waals surface area contributed by atoms with Crippen LogP contribution in [0.4, 0.5) is 0 Å². The predicted octanol–water partition coefficient (Wildman–Crippen LogP) is 5.23. The molecule has 1 aliphatic rings. The van der Waals surface area contributed by atoms with Gasteiger partial charge in [-0.15, -0.1) is 0 Å². The number of carbonyl (C=O) groups excluding carboxylic acids is 1. The van der Waals surface area contributed by atoms with Crippen molar-refractivity contribution in [1.82, 2.24) is 0 Å². The minimum Gasteiger partial charge on any atom is -0.494 e. The zero-order valence-corrected chi connectivity index (χ0v) is 14.7. The smallest absolute Gasteiger partial charge is 0.314 e. The van der Waals surface area contributed by atoms with Crippen molar-refractivity contribution in [3.63, 3.8) is 0 Å². The Bertz CT molecular complexity index is 480. The van der Waals surface area contributed by atoms with E-state index in [-0.39, 0.29) is 11.9 Å². The summed E-state index contributed by atoms with van der Waals surface area (Å²) in [6.07, 6.45) is 6.76. The maximum atomic E-state index is 12.4. The topological polar surface area (TPSA) is 35.5 Å². The molecule has 2 rings (SSSR count). The normalized spacial score (nSPS) is 24.2. The molecule has 0 amide bonds. The van der Waals surface area contributed by atoms with Crippen molar-refractivity contribution < 1.29 is 14.3 Å². The van der Waals surface area contributed by atoms with Crippen molar-refractivity contribution >= 4 is 5.97 Å². The van der Waals surface area contributed by atoms with Crippen LogP contribution in [0.5, 0.6) is 11.5 Å². The highest BCUT2D eigenvalue weighted by Gasteiger charge is 2.33. The van der Waals surface area contributed by atoms with Gasteiger partial charge in [-0.2, -0.15) is 0 Å². The van der Waals surface area contributed by atoms with Crippen LogP contribution < -0.4 is 9.47 Å². The molecule has 0 radical (unpaired) electrons. The zero-order chi connectivity index (χ0) is 16.7. The Labute approximate surface area is 140 Å². The number of benzene rings is 1. The largest absolute Gasteiger partial charge is 0.494 e. The first-order valence-electron chi connectivity index (χ1n) is 9.08. The Morgan fingerprint density at radius 1 is 1.09 bits per heavy atom. The third-order valence-electron chi connectivity index (χ3n) is 4.79. The van der Waals surface area contributed by atoms with Gasteiger partial charge in [0.2, 0.25) is 0 Å².